The lowest BCUT2D eigenvalue weighted by molar-refractivity contribution is -0.158. The number of nitrogens with zero attached hydrogens (tertiary/aromatic N) is 1. The van der Waals surface area contributed by atoms with Crippen LogP contribution in [0.5, 0.6) is 0 Å². The highest BCUT2D eigenvalue weighted by Crippen LogP contribution is 2.31. The number of aliphatic carboxylic acids is 1. The molecule has 0 aromatic heterocycles. The first-order valence-electron chi connectivity index (χ1n) is 6.29. The van der Waals surface area contributed by atoms with E-state index in [0.717, 1.165) is 6.42 Å². The normalized spacial score (nSPS) is 17.4. The van der Waals surface area contributed by atoms with Crippen LogP contribution < -0.4 is 0 Å². The van der Waals surface area contributed by atoms with Gasteiger partial charge in [-0.05, 0) is 25.7 Å². The number of hydrogen-bond acceptors (Lipinski definition) is 2. The summed E-state index contributed by atoms with van der Waals surface area (Å²) in [5, 5.41) is 9.06. The van der Waals surface area contributed by atoms with Gasteiger partial charge in [0.2, 0.25) is 5.91 Å². The van der Waals surface area contributed by atoms with Crippen LogP contribution in [0.1, 0.15) is 41.0 Å². The zero-order valence-electron chi connectivity index (χ0n) is 11.9. The van der Waals surface area contributed by atoms with Crippen molar-refractivity contribution in [3.8, 4) is 0 Å². The Labute approximate surface area is 109 Å². The van der Waals surface area contributed by atoms with E-state index in [1.165, 1.54) is 19.4 Å². The van der Waals surface area contributed by atoms with Crippen LogP contribution in [0.15, 0.2) is 11.6 Å². The molecule has 102 valence electrons. The molecule has 4 heteroatoms. The molecule has 1 aliphatic rings. The topological polar surface area (TPSA) is 57.6 Å². The van der Waals surface area contributed by atoms with Crippen molar-refractivity contribution in [2.24, 2.45) is 10.8 Å². The van der Waals surface area contributed by atoms with Gasteiger partial charge in [-0.2, -0.15) is 0 Å². The minimum absolute atomic E-state index is 0.122. The van der Waals surface area contributed by atoms with E-state index in [9.17, 15) is 9.59 Å². The van der Waals surface area contributed by atoms with Gasteiger partial charge >= 0.3 is 5.97 Å². The third kappa shape index (κ3) is 2.92. The van der Waals surface area contributed by atoms with Gasteiger partial charge in [-0.15, -0.1) is 0 Å². The predicted octanol–water partition coefficient (Wildman–Crippen LogP) is 2.30. The Morgan fingerprint density at radius 2 is 1.78 bits per heavy atom. The first-order chi connectivity index (χ1) is 8.06. The first-order valence-corrected chi connectivity index (χ1v) is 6.29. The number of carbonyl (C=O) groups is 2. The Balaban J connectivity index is 2.78. The average Bonchev–Trinajstić information content (AvgIpc) is 2.26. The minimum Gasteiger partial charge on any atom is -0.480 e. The van der Waals surface area contributed by atoms with E-state index in [4.69, 9.17) is 5.11 Å². The number of carboxylic acids is 1. The molecule has 0 aromatic rings. The minimum atomic E-state index is -1.34. The third-order valence-electron chi connectivity index (χ3n) is 3.53. The van der Waals surface area contributed by atoms with E-state index < -0.39 is 11.4 Å². The van der Waals surface area contributed by atoms with Crippen LogP contribution in [0.3, 0.4) is 0 Å². The van der Waals surface area contributed by atoms with Crippen molar-refractivity contribution in [2.75, 3.05) is 13.1 Å². The lowest BCUT2D eigenvalue weighted by atomic mass is 9.82. The van der Waals surface area contributed by atoms with E-state index in [1.54, 1.807) is 4.90 Å². The lowest BCUT2D eigenvalue weighted by Gasteiger charge is -2.35. The van der Waals surface area contributed by atoms with Gasteiger partial charge in [0.15, 0.2) is 0 Å². The Bertz CT molecular complexity index is 388. The Kier molecular flexibility index (Phi) is 3.89. The second-order valence-corrected chi connectivity index (χ2v) is 6.41. The molecule has 0 radical (unpaired) electrons. The van der Waals surface area contributed by atoms with Crippen molar-refractivity contribution in [3.63, 3.8) is 0 Å². The number of carboxylic acid groups (broad SMARTS) is 1. The molecular weight excluding hydrogens is 230 g/mol. The zero-order chi connectivity index (χ0) is 14.1. The van der Waals surface area contributed by atoms with E-state index in [0.29, 0.717) is 13.1 Å². The summed E-state index contributed by atoms with van der Waals surface area (Å²) in [7, 11) is 0. The molecule has 1 rings (SSSR count). The highest BCUT2D eigenvalue weighted by atomic mass is 16.4. The monoisotopic (exact) mass is 253 g/mol. The Morgan fingerprint density at radius 1 is 1.22 bits per heavy atom. The maximum absolute atomic E-state index is 12.1. The van der Waals surface area contributed by atoms with Gasteiger partial charge in [-0.1, -0.05) is 32.4 Å². The van der Waals surface area contributed by atoms with Gasteiger partial charge in [0.1, 0.15) is 5.41 Å². The summed E-state index contributed by atoms with van der Waals surface area (Å²) in [6.45, 7) is 10.5. The summed E-state index contributed by atoms with van der Waals surface area (Å²) in [5.74, 6) is -1.38. The van der Waals surface area contributed by atoms with Crippen molar-refractivity contribution in [1.29, 1.82) is 0 Å². The Hall–Kier alpha value is -1.32. The van der Waals surface area contributed by atoms with Crippen LogP contribution in [0.4, 0.5) is 0 Å². The molecule has 1 N–H and O–H groups in total. The highest BCUT2D eigenvalue weighted by molar-refractivity contribution is 6.01. The van der Waals surface area contributed by atoms with Gasteiger partial charge in [0.25, 0.3) is 0 Å². The molecule has 0 bridgehead atoms. The molecule has 0 atom stereocenters. The van der Waals surface area contributed by atoms with Crippen LogP contribution in [0.2, 0.25) is 0 Å². The van der Waals surface area contributed by atoms with Crippen molar-refractivity contribution in [1.82, 2.24) is 4.90 Å². The van der Waals surface area contributed by atoms with Crippen LogP contribution in [0.25, 0.3) is 0 Å². The van der Waals surface area contributed by atoms with Crippen molar-refractivity contribution in [2.45, 2.75) is 41.0 Å². The summed E-state index contributed by atoms with van der Waals surface area (Å²) in [6, 6.07) is 0. The van der Waals surface area contributed by atoms with Crippen molar-refractivity contribution < 1.29 is 14.7 Å². The largest absolute Gasteiger partial charge is 0.480 e. The van der Waals surface area contributed by atoms with Crippen molar-refractivity contribution >= 4 is 11.9 Å². The fourth-order valence-electron chi connectivity index (χ4n) is 2.02. The van der Waals surface area contributed by atoms with Crippen LogP contribution in [-0.2, 0) is 9.59 Å². The molecule has 1 aliphatic heterocycles. The van der Waals surface area contributed by atoms with E-state index >= 15 is 0 Å². The molecule has 18 heavy (non-hydrogen) atoms. The fraction of sp³-hybridized carbons (Fsp3) is 0.714. The molecule has 0 spiro atoms. The second kappa shape index (κ2) is 4.75. The molecule has 4 nitrogen and oxygen atoms in total. The molecule has 0 saturated heterocycles. The predicted molar refractivity (Wildman–Crippen MR) is 70.2 cm³/mol. The molecular formula is C14H23NO3. The summed E-state index contributed by atoms with van der Waals surface area (Å²) in [4.78, 5) is 24.8. The lowest BCUT2D eigenvalue weighted by Crippen LogP contribution is -2.47. The van der Waals surface area contributed by atoms with Gasteiger partial charge in [0, 0.05) is 13.1 Å². The standard InChI is InChI=1S/C14H23NO3/c1-13(2,3)10-6-8-15(9-7-10)11(16)14(4,5)12(17)18/h6H,7-9H2,1-5H3,(H,17,18). The number of carbonyl (C=O) groups excluding carboxylic acids is 1. The van der Waals surface area contributed by atoms with E-state index in [1.807, 2.05) is 0 Å². The fourth-order valence-corrected chi connectivity index (χ4v) is 2.02. The summed E-state index contributed by atoms with van der Waals surface area (Å²) in [6.07, 6.45) is 2.88. The average molecular weight is 253 g/mol. The van der Waals surface area contributed by atoms with Crippen LogP contribution in [-0.4, -0.2) is 35.0 Å². The molecule has 0 saturated carbocycles. The molecule has 1 heterocycles. The molecule has 1 amide bonds. The van der Waals surface area contributed by atoms with Crippen molar-refractivity contribution in [3.05, 3.63) is 11.6 Å². The molecule has 0 aliphatic carbocycles. The maximum atomic E-state index is 12.1. The smallest absolute Gasteiger partial charge is 0.318 e. The summed E-state index contributed by atoms with van der Waals surface area (Å²) >= 11 is 0. The van der Waals surface area contributed by atoms with Gasteiger partial charge in [0.05, 0.1) is 0 Å². The number of rotatable bonds is 2. The number of amides is 1. The van der Waals surface area contributed by atoms with E-state index in [-0.39, 0.29) is 11.3 Å². The van der Waals surface area contributed by atoms with Gasteiger partial charge in [-0.3, -0.25) is 9.59 Å². The quantitative estimate of drug-likeness (QED) is 0.607. The zero-order valence-corrected chi connectivity index (χ0v) is 11.9. The maximum Gasteiger partial charge on any atom is 0.318 e. The molecule has 0 fully saturated rings. The molecule has 0 unspecified atom stereocenters. The SMILES string of the molecule is CC(C)(C)C1=CCN(C(=O)C(C)(C)C(=O)O)CC1. The van der Waals surface area contributed by atoms with Crippen LogP contribution in [0, 0.1) is 10.8 Å². The van der Waals surface area contributed by atoms with Crippen LogP contribution >= 0.6 is 0 Å². The van der Waals surface area contributed by atoms with Gasteiger partial charge in [-0.25, -0.2) is 0 Å². The second-order valence-electron chi connectivity index (χ2n) is 6.41. The molecule has 0 aromatic carbocycles. The summed E-state index contributed by atoms with van der Waals surface area (Å²) in [5.41, 5.74) is 0.115. The first kappa shape index (κ1) is 14.7. The number of hydrogen-bond donors (Lipinski definition) is 1. The van der Waals surface area contributed by atoms with Gasteiger partial charge < -0.3 is 10.0 Å². The van der Waals surface area contributed by atoms with E-state index in [2.05, 4.69) is 26.8 Å². The summed E-state index contributed by atoms with van der Waals surface area (Å²) < 4.78 is 0. The Morgan fingerprint density at radius 3 is 2.11 bits per heavy atom. The highest BCUT2D eigenvalue weighted by Gasteiger charge is 2.39. The third-order valence-corrected chi connectivity index (χ3v) is 3.53.